The average Bonchev–Trinajstić information content (AvgIpc) is 2.59. The van der Waals surface area contributed by atoms with E-state index in [1.807, 2.05) is 19.0 Å². The maximum Gasteiger partial charge on any atom is 0.229 e. The van der Waals surface area contributed by atoms with Crippen LogP contribution in [0, 0.1) is 5.92 Å². The molecule has 1 unspecified atom stereocenters. The molecule has 1 saturated heterocycles. The molecule has 0 aromatic carbocycles. The third-order valence-corrected chi connectivity index (χ3v) is 5.09. The van der Waals surface area contributed by atoms with Crippen molar-refractivity contribution >= 4 is 11.9 Å². The van der Waals surface area contributed by atoms with Crippen molar-refractivity contribution in [2.24, 2.45) is 5.92 Å². The van der Waals surface area contributed by atoms with Gasteiger partial charge in [-0.2, -0.15) is 15.0 Å². The second-order valence-corrected chi connectivity index (χ2v) is 7.52. The van der Waals surface area contributed by atoms with Crippen molar-refractivity contribution in [1.29, 1.82) is 0 Å². The van der Waals surface area contributed by atoms with Crippen molar-refractivity contribution in [3.63, 3.8) is 0 Å². The van der Waals surface area contributed by atoms with Crippen molar-refractivity contribution in [3.05, 3.63) is 5.82 Å². The minimum atomic E-state index is 0.169. The number of anilines is 2. The smallest absolute Gasteiger partial charge is 0.229 e. The highest BCUT2D eigenvalue weighted by Gasteiger charge is 2.26. The van der Waals surface area contributed by atoms with Gasteiger partial charge in [-0.1, -0.05) is 13.3 Å². The van der Waals surface area contributed by atoms with Gasteiger partial charge in [0.1, 0.15) is 0 Å². The van der Waals surface area contributed by atoms with Crippen molar-refractivity contribution in [2.75, 3.05) is 58.0 Å². The summed E-state index contributed by atoms with van der Waals surface area (Å²) in [6, 6.07) is 0.169. The standard InChI is InChI=1S/C18H35N7/c1-6-7-10-24(5)13-15-8-11-25(12-9-15)14(2)16-20-17(19)22-18(21-16)23(3)4/h14-15H,6-13H2,1-5H3,(H2,19,20,21,22). The van der Waals surface area contributed by atoms with Crippen LogP contribution in [0.15, 0.2) is 0 Å². The van der Waals surface area contributed by atoms with E-state index >= 15 is 0 Å². The summed E-state index contributed by atoms with van der Waals surface area (Å²) in [4.78, 5) is 20.0. The van der Waals surface area contributed by atoms with Crippen LogP contribution >= 0.6 is 0 Å². The van der Waals surface area contributed by atoms with Gasteiger partial charge in [-0.15, -0.1) is 0 Å². The minimum Gasteiger partial charge on any atom is -0.368 e. The number of nitrogens with zero attached hydrogens (tertiary/aromatic N) is 6. The molecular weight excluding hydrogens is 314 g/mol. The van der Waals surface area contributed by atoms with Crippen molar-refractivity contribution in [1.82, 2.24) is 24.8 Å². The number of nitrogens with two attached hydrogens (primary N) is 1. The quantitative estimate of drug-likeness (QED) is 0.769. The molecule has 0 aliphatic carbocycles. The van der Waals surface area contributed by atoms with Gasteiger partial charge in [0, 0.05) is 20.6 Å². The number of nitrogen functional groups attached to an aromatic ring is 1. The highest BCUT2D eigenvalue weighted by molar-refractivity contribution is 5.33. The van der Waals surface area contributed by atoms with Crippen LogP contribution in [-0.2, 0) is 0 Å². The molecule has 0 amide bonds. The predicted octanol–water partition coefficient (Wildman–Crippen LogP) is 2.02. The molecule has 1 aliphatic heterocycles. The summed E-state index contributed by atoms with van der Waals surface area (Å²) in [5.74, 6) is 2.50. The molecule has 2 heterocycles. The van der Waals surface area contributed by atoms with Crippen LogP contribution in [-0.4, -0.2) is 72.1 Å². The summed E-state index contributed by atoms with van der Waals surface area (Å²) in [7, 11) is 6.09. The van der Waals surface area contributed by atoms with Gasteiger partial charge in [-0.3, -0.25) is 4.90 Å². The van der Waals surface area contributed by atoms with E-state index in [0.29, 0.717) is 11.9 Å². The molecule has 7 heteroatoms. The average molecular weight is 350 g/mol. The number of rotatable bonds is 8. The first-order valence-corrected chi connectivity index (χ1v) is 9.52. The van der Waals surface area contributed by atoms with Crippen LogP contribution in [0.4, 0.5) is 11.9 Å². The molecule has 1 fully saturated rings. The van der Waals surface area contributed by atoms with E-state index in [4.69, 9.17) is 5.73 Å². The lowest BCUT2D eigenvalue weighted by Crippen LogP contribution is -2.39. The molecule has 1 atom stereocenters. The SMILES string of the molecule is CCCCN(C)CC1CCN(C(C)c2nc(N)nc(N(C)C)n2)CC1. The third kappa shape index (κ3) is 5.78. The topological polar surface area (TPSA) is 74.4 Å². The van der Waals surface area contributed by atoms with Gasteiger partial charge in [0.25, 0.3) is 0 Å². The van der Waals surface area contributed by atoms with Crippen LogP contribution in [0.25, 0.3) is 0 Å². The van der Waals surface area contributed by atoms with Gasteiger partial charge >= 0.3 is 0 Å². The summed E-state index contributed by atoms with van der Waals surface area (Å²) in [5.41, 5.74) is 5.87. The number of hydrogen-bond acceptors (Lipinski definition) is 7. The van der Waals surface area contributed by atoms with E-state index in [2.05, 4.69) is 45.6 Å². The second-order valence-electron chi connectivity index (χ2n) is 7.52. The second kappa shape index (κ2) is 9.29. The molecule has 0 spiro atoms. The first-order chi connectivity index (χ1) is 11.9. The molecule has 1 aliphatic rings. The van der Waals surface area contributed by atoms with Gasteiger partial charge in [-0.25, -0.2) is 0 Å². The Balaban J connectivity index is 1.90. The predicted molar refractivity (Wildman–Crippen MR) is 104 cm³/mol. The number of unbranched alkanes of at least 4 members (excludes halogenated alkanes) is 1. The molecule has 142 valence electrons. The monoisotopic (exact) mass is 349 g/mol. The van der Waals surface area contributed by atoms with Crippen molar-refractivity contribution in [2.45, 2.75) is 45.6 Å². The summed E-state index contributed by atoms with van der Waals surface area (Å²) in [6.45, 7) is 9.04. The summed E-state index contributed by atoms with van der Waals surface area (Å²) in [6.07, 6.45) is 5.04. The fourth-order valence-corrected chi connectivity index (χ4v) is 3.43. The van der Waals surface area contributed by atoms with Crippen molar-refractivity contribution < 1.29 is 0 Å². The maximum absolute atomic E-state index is 5.87. The van der Waals surface area contributed by atoms with E-state index < -0.39 is 0 Å². The lowest BCUT2D eigenvalue weighted by Gasteiger charge is -2.36. The van der Waals surface area contributed by atoms with E-state index in [-0.39, 0.29) is 6.04 Å². The zero-order valence-corrected chi connectivity index (χ0v) is 16.6. The van der Waals surface area contributed by atoms with Gasteiger partial charge in [0.05, 0.1) is 6.04 Å². The number of likely N-dealkylation sites (tertiary alicyclic amines) is 1. The molecular formula is C18H35N7. The Morgan fingerprint density at radius 3 is 2.44 bits per heavy atom. The van der Waals surface area contributed by atoms with Gasteiger partial charge in [-0.05, 0) is 58.8 Å². The molecule has 0 radical (unpaired) electrons. The lowest BCUT2D eigenvalue weighted by molar-refractivity contribution is 0.118. The van der Waals surface area contributed by atoms with Crippen LogP contribution in [0.1, 0.15) is 51.4 Å². The minimum absolute atomic E-state index is 0.169. The lowest BCUT2D eigenvalue weighted by atomic mass is 9.95. The van der Waals surface area contributed by atoms with E-state index in [9.17, 15) is 0 Å². The fourth-order valence-electron chi connectivity index (χ4n) is 3.43. The molecule has 2 N–H and O–H groups in total. The highest BCUT2D eigenvalue weighted by Crippen LogP contribution is 2.26. The van der Waals surface area contributed by atoms with Crippen LogP contribution in [0.5, 0.6) is 0 Å². The summed E-state index contributed by atoms with van der Waals surface area (Å²) in [5, 5.41) is 0. The van der Waals surface area contributed by atoms with Crippen LogP contribution < -0.4 is 10.6 Å². The molecule has 7 nitrogen and oxygen atoms in total. The molecule has 0 bridgehead atoms. The van der Waals surface area contributed by atoms with Gasteiger partial charge in [0.15, 0.2) is 5.82 Å². The van der Waals surface area contributed by atoms with E-state index in [1.165, 1.54) is 38.8 Å². The molecule has 1 aromatic rings. The number of piperidine rings is 1. The highest BCUT2D eigenvalue weighted by atomic mass is 15.3. The normalized spacial score (nSPS) is 17.8. The van der Waals surface area contributed by atoms with Crippen LogP contribution in [0.2, 0.25) is 0 Å². The Labute approximate surface area is 152 Å². The first-order valence-electron chi connectivity index (χ1n) is 9.52. The number of aromatic nitrogens is 3. The first kappa shape index (κ1) is 19.8. The zero-order chi connectivity index (χ0) is 18.4. The maximum atomic E-state index is 5.87. The Morgan fingerprint density at radius 1 is 1.16 bits per heavy atom. The Morgan fingerprint density at radius 2 is 1.84 bits per heavy atom. The number of hydrogen-bond donors (Lipinski definition) is 1. The Kier molecular flexibility index (Phi) is 7.38. The molecule has 25 heavy (non-hydrogen) atoms. The summed E-state index contributed by atoms with van der Waals surface area (Å²) >= 11 is 0. The fraction of sp³-hybridized carbons (Fsp3) is 0.833. The van der Waals surface area contributed by atoms with E-state index in [1.54, 1.807) is 0 Å². The van der Waals surface area contributed by atoms with Crippen LogP contribution in [0.3, 0.4) is 0 Å². The summed E-state index contributed by atoms with van der Waals surface area (Å²) < 4.78 is 0. The third-order valence-electron chi connectivity index (χ3n) is 5.09. The Hall–Kier alpha value is -1.47. The van der Waals surface area contributed by atoms with Gasteiger partial charge < -0.3 is 15.5 Å². The Bertz CT molecular complexity index is 526. The zero-order valence-electron chi connectivity index (χ0n) is 16.6. The van der Waals surface area contributed by atoms with E-state index in [0.717, 1.165) is 24.8 Å². The largest absolute Gasteiger partial charge is 0.368 e. The van der Waals surface area contributed by atoms with Crippen molar-refractivity contribution in [3.8, 4) is 0 Å². The molecule has 0 saturated carbocycles. The van der Waals surface area contributed by atoms with Gasteiger partial charge in [0.2, 0.25) is 11.9 Å². The molecule has 1 aromatic heterocycles. The molecule has 2 rings (SSSR count).